The molecule has 0 radical (unpaired) electrons. The molecule has 2 rings (SSSR count). The Balaban J connectivity index is 0.00000338. The molecule has 9 heteroatoms. The molecule has 1 aromatic rings. The number of carbonyl (C=O) groups excluding carboxylic acids is 2. The van der Waals surface area contributed by atoms with E-state index < -0.39 is 6.04 Å². The van der Waals surface area contributed by atoms with E-state index in [-0.39, 0.29) is 49.1 Å². The fourth-order valence-electron chi connectivity index (χ4n) is 2.82. The van der Waals surface area contributed by atoms with Crippen molar-refractivity contribution in [2.75, 3.05) is 37.6 Å². The molecule has 154 valence electrons. The van der Waals surface area contributed by atoms with Crippen LogP contribution in [0.2, 0.25) is 5.02 Å². The van der Waals surface area contributed by atoms with Gasteiger partial charge in [-0.05, 0) is 30.5 Å². The second-order valence-electron chi connectivity index (χ2n) is 6.79. The van der Waals surface area contributed by atoms with Crippen molar-refractivity contribution in [1.82, 2.24) is 10.2 Å². The highest BCUT2D eigenvalue weighted by Gasteiger charge is 2.23. The molecule has 3 N–H and O–H groups in total. The molecule has 1 atom stereocenters. The number of nitrogens with one attached hydrogen (secondary N) is 1. The van der Waals surface area contributed by atoms with Gasteiger partial charge in [-0.3, -0.25) is 9.59 Å². The lowest BCUT2D eigenvalue weighted by Crippen LogP contribution is -2.53. The zero-order valence-corrected chi connectivity index (χ0v) is 18.3. The maximum atomic E-state index is 12.3. The highest BCUT2D eigenvalue weighted by molar-refractivity contribution is 6.30. The average Bonchev–Trinajstić information content (AvgIpc) is 2.60. The number of piperazine rings is 1. The van der Waals surface area contributed by atoms with Crippen LogP contribution in [0.5, 0.6) is 0 Å². The summed E-state index contributed by atoms with van der Waals surface area (Å²) < 4.78 is 0. The summed E-state index contributed by atoms with van der Waals surface area (Å²) in [5.74, 6) is -0.317. The third-order valence-corrected chi connectivity index (χ3v) is 4.81. The first-order valence-corrected chi connectivity index (χ1v) is 8.99. The predicted molar refractivity (Wildman–Crippen MR) is 115 cm³/mol. The number of hydrogen-bond acceptors (Lipinski definition) is 4. The number of amides is 2. The van der Waals surface area contributed by atoms with Gasteiger partial charge in [-0.2, -0.15) is 0 Å². The van der Waals surface area contributed by atoms with Gasteiger partial charge in [0.1, 0.15) is 0 Å². The van der Waals surface area contributed by atoms with Gasteiger partial charge in [0, 0.05) is 36.9 Å². The van der Waals surface area contributed by atoms with Gasteiger partial charge in [-0.25, -0.2) is 0 Å². The molecule has 0 saturated carbocycles. The Kier molecular flexibility index (Phi) is 11.1. The topological polar surface area (TPSA) is 78.7 Å². The molecule has 0 unspecified atom stereocenters. The van der Waals surface area contributed by atoms with Gasteiger partial charge >= 0.3 is 0 Å². The van der Waals surface area contributed by atoms with Crippen LogP contribution >= 0.6 is 36.4 Å². The normalized spacial score (nSPS) is 14.9. The molecule has 1 heterocycles. The zero-order chi connectivity index (χ0) is 18.6. The van der Waals surface area contributed by atoms with Crippen LogP contribution < -0.4 is 16.0 Å². The van der Waals surface area contributed by atoms with Crippen LogP contribution in [0.25, 0.3) is 0 Å². The van der Waals surface area contributed by atoms with Crippen LogP contribution in [-0.2, 0) is 9.59 Å². The number of anilines is 1. The Morgan fingerprint density at radius 1 is 1.19 bits per heavy atom. The summed E-state index contributed by atoms with van der Waals surface area (Å²) in [5.41, 5.74) is 8.05. The molecule has 0 aliphatic carbocycles. The largest absolute Gasteiger partial charge is 0.368 e. The number of nitrogens with zero attached hydrogens (tertiary/aromatic N) is 2. The van der Waals surface area contributed by atoms with Crippen molar-refractivity contribution in [3.63, 3.8) is 0 Å². The van der Waals surface area contributed by atoms with E-state index in [1.807, 2.05) is 32.0 Å². The molecule has 1 aliphatic heterocycles. The lowest BCUT2D eigenvalue weighted by atomic mass is 10.1. The van der Waals surface area contributed by atoms with Crippen LogP contribution in [0.15, 0.2) is 18.2 Å². The van der Waals surface area contributed by atoms with Crippen molar-refractivity contribution < 1.29 is 9.59 Å². The van der Waals surface area contributed by atoms with Crippen molar-refractivity contribution >= 4 is 53.9 Å². The Morgan fingerprint density at radius 2 is 1.78 bits per heavy atom. The van der Waals surface area contributed by atoms with Gasteiger partial charge in [0.05, 0.1) is 12.6 Å². The molecule has 2 amide bonds. The van der Waals surface area contributed by atoms with Crippen LogP contribution in [-0.4, -0.2) is 55.5 Å². The fraction of sp³-hybridized carbons (Fsp3) is 0.556. The van der Waals surface area contributed by atoms with Crippen molar-refractivity contribution in [3.8, 4) is 0 Å². The first-order valence-electron chi connectivity index (χ1n) is 8.61. The first kappa shape index (κ1) is 25.8. The SMILES string of the molecule is Cc1ccc(Cl)cc1N1CCN(C(=O)CNC(=O)[C@@H](N)C(C)C)CC1.Cl.Cl. The quantitative estimate of drug-likeness (QED) is 0.737. The summed E-state index contributed by atoms with van der Waals surface area (Å²) >= 11 is 6.09. The Hall–Kier alpha value is -1.21. The molecule has 1 fully saturated rings. The lowest BCUT2D eigenvalue weighted by Gasteiger charge is -2.37. The summed E-state index contributed by atoms with van der Waals surface area (Å²) in [7, 11) is 0. The monoisotopic (exact) mass is 438 g/mol. The molecule has 1 aromatic carbocycles. The highest BCUT2D eigenvalue weighted by Crippen LogP contribution is 2.25. The van der Waals surface area contributed by atoms with E-state index >= 15 is 0 Å². The smallest absolute Gasteiger partial charge is 0.242 e. The van der Waals surface area contributed by atoms with Crippen LogP contribution in [0.1, 0.15) is 19.4 Å². The molecule has 0 bridgehead atoms. The summed E-state index contributed by atoms with van der Waals surface area (Å²) in [6.07, 6.45) is 0. The van der Waals surface area contributed by atoms with E-state index in [2.05, 4.69) is 17.1 Å². The minimum atomic E-state index is -0.588. The van der Waals surface area contributed by atoms with Gasteiger partial charge < -0.3 is 20.9 Å². The molecular weight excluding hydrogens is 411 g/mol. The fourth-order valence-corrected chi connectivity index (χ4v) is 2.98. The molecule has 27 heavy (non-hydrogen) atoms. The van der Waals surface area contributed by atoms with Crippen LogP contribution in [0.4, 0.5) is 5.69 Å². The Bertz CT molecular complexity index is 635. The third kappa shape index (κ3) is 7.03. The van der Waals surface area contributed by atoms with Crippen molar-refractivity contribution in [2.45, 2.75) is 26.8 Å². The molecule has 1 aliphatic rings. The van der Waals surface area contributed by atoms with Gasteiger partial charge in [0.15, 0.2) is 0 Å². The zero-order valence-electron chi connectivity index (χ0n) is 15.9. The molecular formula is C18H29Cl3N4O2. The number of carbonyl (C=O) groups is 2. The van der Waals surface area contributed by atoms with Gasteiger partial charge in [-0.1, -0.05) is 31.5 Å². The number of hydrogen-bond donors (Lipinski definition) is 2. The lowest BCUT2D eigenvalue weighted by molar-refractivity contribution is -0.133. The van der Waals surface area contributed by atoms with Crippen molar-refractivity contribution in [3.05, 3.63) is 28.8 Å². The van der Waals surface area contributed by atoms with Crippen LogP contribution in [0.3, 0.4) is 0 Å². The maximum Gasteiger partial charge on any atom is 0.242 e. The number of nitrogens with two attached hydrogens (primary N) is 1. The summed E-state index contributed by atoms with van der Waals surface area (Å²) in [4.78, 5) is 28.2. The second-order valence-corrected chi connectivity index (χ2v) is 7.22. The molecule has 0 spiro atoms. The molecule has 0 aromatic heterocycles. The maximum absolute atomic E-state index is 12.3. The van der Waals surface area contributed by atoms with E-state index in [9.17, 15) is 9.59 Å². The van der Waals surface area contributed by atoms with E-state index in [1.54, 1.807) is 4.90 Å². The molecule has 6 nitrogen and oxygen atoms in total. The standard InChI is InChI=1S/C18H27ClN4O2.2ClH/c1-12(2)17(20)18(25)21-11-16(24)23-8-6-22(7-9-23)15-10-14(19)5-4-13(15)3;;/h4-5,10,12,17H,6-9,11,20H2,1-3H3,(H,21,25);2*1H/t17-;;/m0../s1. The van der Waals surface area contributed by atoms with E-state index in [0.29, 0.717) is 18.1 Å². The summed E-state index contributed by atoms with van der Waals surface area (Å²) in [6, 6.07) is 5.26. The van der Waals surface area contributed by atoms with E-state index in [0.717, 1.165) is 18.8 Å². The highest BCUT2D eigenvalue weighted by atomic mass is 35.5. The summed E-state index contributed by atoms with van der Waals surface area (Å²) in [5, 5.41) is 3.35. The van der Waals surface area contributed by atoms with Crippen molar-refractivity contribution in [2.24, 2.45) is 11.7 Å². The number of aryl methyl sites for hydroxylation is 1. The van der Waals surface area contributed by atoms with Crippen LogP contribution in [0, 0.1) is 12.8 Å². The molecule has 1 saturated heterocycles. The first-order chi connectivity index (χ1) is 11.8. The predicted octanol–water partition coefficient (Wildman–Crippen LogP) is 2.24. The number of benzene rings is 1. The van der Waals surface area contributed by atoms with Gasteiger partial charge in [-0.15, -0.1) is 24.8 Å². The minimum absolute atomic E-state index is 0. The number of halogens is 3. The second kappa shape index (κ2) is 11.6. The third-order valence-electron chi connectivity index (χ3n) is 4.58. The Labute approximate surface area is 178 Å². The summed E-state index contributed by atoms with van der Waals surface area (Å²) in [6.45, 7) is 8.53. The van der Waals surface area contributed by atoms with Gasteiger partial charge in [0.25, 0.3) is 0 Å². The van der Waals surface area contributed by atoms with E-state index in [4.69, 9.17) is 17.3 Å². The van der Waals surface area contributed by atoms with Crippen molar-refractivity contribution in [1.29, 1.82) is 0 Å². The number of rotatable bonds is 5. The average molecular weight is 440 g/mol. The van der Waals surface area contributed by atoms with Gasteiger partial charge in [0.2, 0.25) is 11.8 Å². The van der Waals surface area contributed by atoms with E-state index in [1.165, 1.54) is 5.56 Å². The Morgan fingerprint density at radius 3 is 2.33 bits per heavy atom. The minimum Gasteiger partial charge on any atom is -0.368 e.